The summed E-state index contributed by atoms with van der Waals surface area (Å²) in [6.07, 6.45) is -5.81. The first-order chi connectivity index (χ1) is 10.1. The van der Waals surface area contributed by atoms with Crippen LogP contribution in [0.2, 0.25) is 0 Å². The minimum atomic E-state index is -4.97. The van der Waals surface area contributed by atoms with Crippen molar-refractivity contribution in [2.75, 3.05) is 13.2 Å². The molecule has 0 saturated carbocycles. The van der Waals surface area contributed by atoms with E-state index in [-0.39, 0.29) is 13.2 Å². The lowest BCUT2D eigenvalue weighted by atomic mass is 10.0. The summed E-state index contributed by atoms with van der Waals surface area (Å²) in [5.41, 5.74) is 0. The van der Waals surface area contributed by atoms with E-state index in [4.69, 9.17) is 18.9 Å². The van der Waals surface area contributed by atoms with Gasteiger partial charge in [-0.3, -0.25) is 4.79 Å². The van der Waals surface area contributed by atoms with Crippen molar-refractivity contribution in [2.45, 2.75) is 50.4 Å². The first kappa shape index (κ1) is 17.2. The van der Waals surface area contributed by atoms with Crippen molar-refractivity contribution in [3.05, 3.63) is 12.7 Å². The summed E-state index contributed by atoms with van der Waals surface area (Å²) in [6, 6.07) is -0.982. The molecule has 0 aromatic heterocycles. The Hall–Kier alpha value is -1.16. The number of amides is 1. The molecule has 2 saturated heterocycles. The van der Waals surface area contributed by atoms with E-state index in [1.807, 2.05) is 5.32 Å². The molecule has 0 aromatic carbocycles. The van der Waals surface area contributed by atoms with Crippen LogP contribution in [-0.4, -0.2) is 55.6 Å². The van der Waals surface area contributed by atoms with Gasteiger partial charge in [-0.25, -0.2) is 0 Å². The third-order valence-corrected chi connectivity index (χ3v) is 3.22. The number of carbonyl (C=O) groups is 1. The number of nitrogens with one attached hydrogen (secondary N) is 1. The van der Waals surface area contributed by atoms with Crippen molar-refractivity contribution in [3.63, 3.8) is 0 Å². The van der Waals surface area contributed by atoms with Gasteiger partial charge in [-0.15, -0.1) is 6.58 Å². The Kier molecular flexibility index (Phi) is 4.81. The molecule has 126 valence electrons. The van der Waals surface area contributed by atoms with E-state index in [0.717, 1.165) is 0 Å². The van der Waals surface area contributed by atoms with E-state index in [0.29, 0.717) is 0 Å². The highest BCUT2D eigenvalue weighted by molar-refractivity contribution is 5.82. The minimum Gasteiger partial charge on any atom is -0.348 e. The maximum Gasteiger partial charge on any atom is 0.471 e. The zero-order chi connectivity index (χ0) is 16.5. The summed E-state index contributed by atoms with van der Waals surface area (Å²) in [7, 11) is 0. The highest BCUT2D eigenvalue weighted by Gasteiger charge is 2.54. The molecule has 0 radical (unpaired) electrons. The van der Waals surface area contributed by atoms with Gasteiger partial charge in [0.1, 0.15) is 12.2 Å². The second kappa shape index (κ2) is 6.15. The Morgan fingerprint density at radius 2 is 2.05 bits per heavy atom. The third-order valence-electron chi connectivity index (χ3n) is 3.22. The van der Waals surface area contributed by atoms with Crippen LogP contribution in [0.4, 0.5) is 13.2 Å². The largest absolute Gasteiger partial charge is 0.471 e. The van der Waals surface area contributed by atoms with Crippen molar-refractivity contribution >= 4 is 5.91 Å². The molecule has 2 rings (SSSR count). The Balaban J connectivity index is 2.09. The maximum atomic E-state index is 12.4. The van der Waals surface area contributed by atoms with Gasteiger partial charge in [0, 0.05) is 0 Å². The maximum absolute atomic E-state index is 12.4. The molecular weight excluding hydrogens is 307 g/mol. The molecule has 2 aliphatic heterocycles. The molecule has 0 unspecified atom stereocenters. The SMILES string of the molecule is C=CCO[C@H]1OC[C@H](NC(=O)C(F)(F)F)[C@@H]2OC(C)(C)O[C@H]12. The Bertz CT molecular complexity index is 440. The molecule has 1 amide bonds. The Morgan fingerprint density at radius 3 is 2.64 bits per heavy atom. The molecule has 4 atom stereocenters. The summed E-state index contributed by atoms with van der Waals surface area (Å²) in [5.74, 6) is -3.06. The Labute approximate surface area is 125 Å². The van der Waals surface area contributed by atoms with Gasteiger partial charge < -0.3 is 24.3 Å². The van der Waals surface area contributed by atoms with Crippen molar-refractivity contribution < 1.29 is 36.9 Å². The lowest BCUT2D eigenvalue weighted by molar-refractivity contribution is -0.231. The van der Waals surface area contributed by atoms with E-state index in [2.05, 4.69) is 6.58 Å². The van der Waals surface area contributed by atoms with E-state index in [1.54, 1.807) is 13.8 Å². The van der Waals surface area contributed by atoms with E-state index >= 15 is 0 Å². The molecule has 9 heteroatoms. The van der Waals surface area contributed by atoms with Crippen LogP contribution in [0.25, 0.3) is 0 Å². The Morgan fingerprint density at radius 1 is 1.41 bits per heavy atom. The number of ether oxygens (including phenoxy) is 4. The molecule has 0 aromatic rings. The molecule has 22 heavy (non-hydrogen) atoms. The molecule has 2 heterocycles. The van der Waals surface area contributed by atoms with Crippen molar-refractivity contribution in [2.24, 2.45) is 0 Å². The summed E-state index contributed by atoms with van der Waals surface area (Å²) in [6.45, 7) is 6.77. The van der Waals surface area contributed by atoms with Crippen molar-refractivity contribution in [1.29, 1.82) is 0 Å². The monoisotopic (exact) mass is 325 g/mol. The van der Waals surface area contributed by atoms with E-state index in [1.165, 1.54) is 6.08 Å². The van der Waals surface area contributed by atoms with Gasteiger partial charge in [0.15, 0.2) is 12.1 Å². The van der Waals surface area contributed by atoms with Crippen LogP contribution in [0.15, 0.2) is 12.7 Å². The number of carbonyl (C=O) groups excluding carboxylic acids is 1. The highest BCUT2D eigenvalue weighted by atomic mass is 19.4. The third kappa shape index (κ3) is 3.78. The fraction of sp³-hybridized carbons (Fsp3) is 0.769. The fourth-order valence-corrected chi connectivity index (χ4v) is 2.41. The normalized spacial score (nSPS) is 34.0. The first-order valence-electron chi connectivity index (χ1n) is 6.71. The number of hydrogen-bond donors (Lipinski definition) is 1. The lowest BCUT2D eigenvalue weighted by Gasteiger charge is -2.36. The van der Waals surface area contributed by atoms with Crippen LogP contribution in [-0.2, 0) is 23.7 Å². The number of rotatable bonds is 4. The number of fused-ring (bicyclic) bond motifs is 1. The average molecular weight is 325 g/mol. The van der Waals surface area contributed by atoms with Gasteiger partial charge in [-0.2, -0.15) is 13.2 Å². The molecule has 6 nitrogen and oxygen atoms in total. The quantitative estimate of drug-likeness (QED) is 0.785. The predicted molar refractivity (Wildman–Crippen MR) is 67.7 cm³/mol. The summed E-state index contributed by atoms with van der Waals surface area (Å²) in [4.78, 5) is 11.1. The van der Waals surface area contributed by atoms with E-state index in [9.17, 15) is 18.0 Å². The molecule has 2 fully saturated rings. The van der Waals surface area contributed by atoms with Crippen LogP contribution in [0.1, 0.15) is 13.8 Å². The zero-order valence-corrected chi connectivity index (χ0v) is 12.2. The van der Waals surface area contributed by atoms with E-state index < -0.39 is 42.4 Å². The van der Waals surface area contributed by atoms with Crippen LogP contribution in [0, 0.1) is 0 Å². The fourth-order valence-electron chi connectivity index (χ4n) is 2.41. The summed E-state index contributed by atoms with van der Waals surface area (Å²) >= 11 is 0. The molecule has 1 N–H and O–H groups in total. The van der Waals surface area contributed by atoms with Crippen molar-refractivity contribution in [3.8, 4) is 0 Å². The van der Waals surface area contributed by atoms with Crippen LogP contribution >= 0.6 is 0 Å². The average Bonchev–Trinajstić information content (AvgIpc) is 2.72. The predicted octanol–water partition coefficient (Wildman–Crippen LogP) is 1.11. The number of halogens is 3. The molecule has 0 spiro atoms. The van der Waals surface area contributed by atoms with Crippen molar-refractivity contribution in [1.82, 2.24) is 5.32 Å². The first-order valence-corrected chi connectivity index (χ1v) is 6.71. The second-order valence-electron chi connectivity index (χ2n) is 5.47. The van der Waals surface area contributed by atoms with Gasteiger partial charge >= 0.3 is 12.1 Å². The van der Waals surface area contributed by atoms with Crippen LogP contribution in [0.5, 0.6) is 0 Å². The number of alkyl halides is 3. The summed E-state index contributed by atoms with van der Waals surface area (Å²) in [5, 5.41) is 1.88. The smallest absolute Gasteiger partial charge is 0.348 e. The number of hydrogen-bond acceptors (Lipinski definition) is 5. The topological polar surface area (TPSA) is 66.0 Å². The van der Waals surface area contributed by atoms with Gasteiger partial charge in [0.2, 0.25) is 0 Å². The van der Waals surface area contributed by atoms with Gasteiger partial charge in [-0.05, 0) is 13.8 Å². The summed E-state index contributed by atoms with van der Waals surface area (Å²) < 4.78 is 59.1. The molecular formula is C13H18F3NO5. The molecule has 0 bridgehead atoms. The van der Waals surface area contributed by atoms with Gasteiger partial charge in [-0.1, -0.05) is 6.08 Å². The molecule has 0 aliphatic carbocycles. The standard InChI is InChI=1S/C13H18F3NO5/c1-4-5-19-10-9-8(21-12(2,3)22-9)7(6-20-10)17-11(18)13(14,15)16/h4,7-10H,1,5-6H2,2-3H3,(H,17,18)/t7-,8-,9-,10-/m0/s1. The zero-order valence-electron chi connectivity index (χ0n) is 12.2. The minimum absolute atomic E-state index is 0.176. The van der Waals surface area contributed by atoms with Gasteiger partial charge in [0.25, 0.3) is 0 Å². The van der Waals surface area contributed by atoms with Gasteiger partial charge in [0.05, 0.1) is 19.3 Å². The second-order valence-corrected chi connectivity index (χ2v) is 5.47. The molecule has 2 aliphatic rings. The van der Waals surface area contributed by atoms with Crippen LogP contribution in [0.3, 0.4) is 0 Å². The lowest BCUT2D eigenvalue weighted by Crippen LogP contribution is -2.60. The highest BCUT2D eigenvalue weighted by Crippen LogP contribution is 2.36. The van der Waals surface area contributed by atoms with Crippen LogP contribution < -0.4 is 5.32 Å².